The molecule has 1 unspecified atom stereocenters. The molecular formula is C21H31IN4OS. The molecule has 1 aliphatic heterocycles. The van der Waals surface area contributed by atoms with Crippen molar-refractivity contribution in [1.29, 1.82) is 0 Å². The van der Waals surface area contributed by atoms with Crippen LogP contribution in [0.15, 0.2) is 52.8 Å². The van der Waals surface area contributed by atoms with Crippen LogP contribution in [0.1, 0.15) is 25.3 Å². The molecule has 1 aliphatic rings. The molecule has 2 heterocycles. The van der Waals surface area contributed by atoms with Crippen LogP contribution in [0.4, 0.5) is 5.00 Å². The van der Waals surface area contributed by atoms with Gasteiger partial charge < -0.3 is 20.6 Å². The molecule has 1 atom stereocenters. The van der Waals surface area contributed by atoms with E-state index in [1.165, 1.54) is 5.00 Å². The van der Waals surface area contributed by atoms with Crippen molar-refractivity contribution in [3.8, 4) is 0 Å². The fourth-order valence-corrected chi connectivity index (χ4v) is 4.14. The summed E-state index contributed by atoms with van der Waals surface area (Å²) >= 11 is 1.81. The van der Waals surface area contributed by atoms with Crippen LogP contribution in [-0.2, 0) is 6.42 Å². The van der Waals surface area contributed by atoms with E-state index in [4.69, 9.17) is 0 Å². The number of anilines is 1. The van der Waals surface area contributed by atoms with E-state index < -0.39 is 6.10 Å². The van der Waals surface area contributed by atoms with Gasteiger partial charge in [-0.1, -0.05) is 30.3 Å². The van der Waals surface area contributed by atoms with Gasteiger partial charge in [-0.05, 0) is 42.8 Å². The number of hydrogen-bond acceptors (Lipinski definition) is 4. The summed E-state index contributed by atoms with van der Waals surface area (Å²) in [6, 6.07) is 14.8. The van der Waals surface area contributed by atoms with E-state index in [0.717, 1.165) is 44.0 Å². The van der Waals surface area contributed by atoms with Crippen LogP contribution in [0.2, 0.25) is 0 Å². The second-order valence-electron chi connectivity index (χ2n) is 6.92. The molecule has 1 fully saturated rings. The normalized spacial score (nSPS) is 16.4. The highest BCUT2D eigenvalue weighted by Crippen LogP contribution is 2.24. The second kappa shape index (κ2) is 12.3. The Labute approximate surface area is 189 Å². The van der Waals surface area contributed by atoms with E-state index in [0.29, 0.717) is 19.0 Å². The zero-order valence-electron chi connectivity index (χ0n) is 16.4. The van der Waals surface area contributed by atoms with Crippen molar-refractivity contribution in [2.24, 2.45) is 4.99 Å². The first kappa shape index (κ1) is 23.0. The largest absolute Gasteiger partial charge is 0.391 e. The Morgan fingerprint density at radius 3 is 2.61 bits per heavy atom. The topological polar surface area (TPSA) is 59.9 Å². The summed E-state index contributed by atoms with van der Waals surface area (Å²) in [4.78, 5) is 7.06. The molecular weight excluding hydrogens is 483 g/mol. The molecule has 1 saturated heterocycles. The SMILES string of the molecule is CCNC(=NCC(O)Cc1ccccc1)NC1CCN(c2cccs2)CC1.I. The molecule has 2 aromatic rings. The van der Waals surface area contributed by atoms with Gasteiger partial charge in [-0.25, -0.2) is 0 Å². The number of nitrogens with one attached hydrogen (secondary N) is 2. The summed E-state index contributed by atoms with van der Waals surface area (Å²) in [6.07, 6.45) is 2.34. The van der Waals surface area contributed by atoms with Crippen LogP contribution in [0.5, 0.6) is 0 Å². The number of guanidine groups is 1. The Kier molecular flexibility index (Phi) is 10.1. The molecule has 0 amide bonds. The maximum atomic E-state index is 10.3. The summed E-state index contributed by atoms with van der Waals surface area (Å²) in [5.41, 5.74) is 1.14. The van der Waals surface area contributed by atoms with E-state index in [1.54, 1.807) is 11.3 Å². The maximum absolute atomic E-state index is 10.3. The van der Waals surface area contributed by atoms with E-state index in [9.17, 15) is 5.11 Å². The smallest absolute Gasteiger partial charge is 0.191 e. The molecule has 0 radical (unpaired) electrons. The number of hydrogen-bond donors (Lipinski definition) is 3. The fraction of sp³-hybridized carbons (Fsp3) is 0.476. The van der Waals surface area contributed by atoms with Crippen molar-refractivity contribution in [3.63, 3.8) is 0 Å². The van der Waals surface area contributed by atoms with Crippen LogP contribution >= 0.6 is 35.3 Å². The van der Waals surface area contributed by atoms with E-state index in [-0.39, 0.29) is 24.0 Å². The van der Waals surface area contributed by atoms with Crippen molar-refractivity contribution < 1.29 is 5.11 Å². The molecule has 1 aromatic carbocycles. The van der Waals surface area contributed by atoms with Gasteiger partial charge in [0.1, 0.15) is 0 Å². The van der Waals surface area contributed by atoms with Crippen LogP contribution in [0, 0.1) is 0 Å². The minimum atomic E-state index is -0.469. The van der Waals surface area contributed by atoms with Crippen molar-refractivity contribution in [2.75, 3.05) is 31.1 Å². The summed E-state index contributed by atoms with van der Waals surface area (Å²) in [5.74, 6) is 0.805. The van der Waals surface area contributed by atoms with Gasteiger partial charge >= 0.3 is 0 Å². The fourth-order valence-electron chi connectivity index (χ4n) is 3.35. The van der Waals surface area contributed by atoms with Gasteiger partial charge in [0.15, 0.2) is 5.96 Å². The first-order valence-electron chi connectivity index (χ1n) is 9.80. The molecule has 0 aliphatic carbocycles. The van der Waals surface area contributed by atoms with Gasteiger partial charge in [0.25, 0.3) is 0 Å². The summed E-state index contributed by atoms with van der Waals surface area (Å²) < 4.78 is 0. The van der Waals surface area contributed by atoms with Gasteiger partial charge in [0, 0.05) is 32.1 Å². The molecule has 0 bridgehead atoms. The van der Waals surface area contributed by atoms with Crippen LogP contribution in [-0.4, -0.2) is 49.4 Å². The third-order valence-electron chi connectivity index (χ3n) is 4.77. The lowest BCUT2D eigenvalue weighted by Gasteiger charge is -2.33. The highest BCUT2D eigenvalue weighted by molar-refractivity contribution is 14.0. The first-order valence-corrected chi connectivity index (χ1v) is 10.7. The minimum Gasteiger partial charge on any atom is -0.391 e. The molecule has 0 spiro atoms. The monoisotopic (exact) mass is 514 g/mol. The number of aliphatic imine (C=N–C) groups is 1. The van der Waals surface area contributed by atoms with Crippen molar-refractivity contribution in [3.05, 3.63) is 53.4 Å². The second-order valence-corrected chi connectivity index (χ2v) is 7.85. The van der Waals surface area contributed by atoms with Crippen molar-refractivity contribution in [2.45, 2.75) is 38.3 Å². The minimum absolute atomic E-state index is 0. The van der Waals surface area contributed by atoms with Crippen LogP contribution in [0.25, 0.3) is 0 Å². The Morgan fingerprint density at radius 1 is 1.21 bits per heavy atom. The summed E-state index contributed by atoms with van der Waals surface area (Å²) in [5, 5.41) is 20.6. The zero-order chi connectivity index (χ0) is 18.9. The molecule has 1 aromatic heterocycles. The average Bonchev–Trinajstić information content (AvgIpc) is 3.22. The van der Waals surface area contributed by atoms with Gasteiger partial charge in [-0.2, -0.15) is 0 Å². The van der Waals surface area contributed by atoms with Gasteiger partial charge in [0.05, 0.1) is 17.6 Å². The van der Waals surface area contributed by atoms with Crippen molar-refractivity contribution in [1.82, 2.24) is 10.6 Å². The number of rotatable bonds is 7. The standard InChI is InChI=1S/C21H30N4OS.HI/c1-2-22-21(23-16-19(26)15-17-7-4-3-5-8-17)24-18-10-12-25(13-11-18)20-9-6-14-27-20;/h3-9,14,18-19,26H,2,10-13,15-16H2,1H3,(H2,22,23,24);1H. The number of thiophene rings is 1. The Morgan fingerprint density at radius 2 is 1.96 bits per heavy atom. The summed E-state index contributed by atoms with van der Waals surface area (Å²) in [6.45, 7) is 5.41. The van der Waals surface area contributed by atoms with Gasteiger partial charge in [-0.15, -0.1) is 35.3 Å². The number of aliphatic hydroxyl groups excluding tert-OH is 1. The Bertz CT molecular complexity index is 688. The first-order chi connectivity index (χ1) is 13.2. The number of nitrogens with zero attached hydrogens (tertiary/aromatic N) is 2. The molecule has 3 rings (SSSR count). The van der Waals surface area contributed by atoms with Crippen LogP contribution in [0.3, 0.4) is 0 Å². The molecule has 3 N–H and O–H groups in total. The molecule has 7 heteroatoms. The highest BCUT2D eigenvalue weighted by Gasteiger charge is 2.20. The Hall–Kier alpha value is -1.32. The molecule has 0 saturated carbocycles. The lowest BCUT2D eigenvalue weighted by atomic mass is 10.1. The highest BCUT2D eigenvalue weighted by atomic mass is 127. The van der Waals surface area contributed by atoms with E-state index in [1.807, 2.05) is 30.3 Å². The predicted molar refractivity (Wildman–Crippen MR) is 130 cm³/mol. The number of halogens is 1. The molecule has 28 heavy (non-hydrogen) atoms. The predicted octanol–water partition coefficient (Wildman–Crippen LogP) is 3.49. The van der Waals surface area contributed by atoms with Crippen LogP contribution < -0.4 is 15.5 Å². The molecule has 154 valence electrons. The van der Waals surface area contributed by atoms with E-state index in [2.05, 4.69) is 45.0 Å². The Balaban J connectivity index is 0.00000280. The van der Waals surface area contributed by atoms with Gasteiger partial charge in [-0.3, -0.25) is 4.99 Å². The number of aliphatic hydroxyl groups is 1. The third kappa shape index (κ3) is 7.25. The van der Waals surface area contributed by atoms with E-state index >= 15 is 0 Å². The van der Waals surface area contributed by atoms with Crippen molar-refractivity contribution >= 4 is 46.3 Å². The lowest BCUT2D eigenvalue weighted by Crippen LogP contribution is -2.48. The quantitative estimate of drug-likeness (QED) is 0.301. The third-order valence-corrected chi connectivity index (χ3v) is 5.70. The summed E-state index contributed by atoms with van der Waals surface area (Å²) in [7, 11) is 0. The number of piperidine rings is 1. The average molecular weight is 514 g/mol. The van der Waals surface area contributed by atoms with Gasteiger partial charge in [0.2, 0.25) is 0 Å². The maximum Gasteiger partial charge on any atom is 0.191 e. The lowest BCUT2D eigenvalue weighted by molar-refractivity contribution is 0.183. The molecule has 5 nitrogen and oxygen atoms in total. The zero-order valence-corrected chi connectivity index (χ0v) is 19.5. The number of benzene rings is 1.